The summed E-state index contributed by atoms with van der Waals surface area (Å²) >= 11 is 0. The Morgan fingerprint density at radius 2 is 1.11 bits per heavy atom. The van der Waals surface area contributed by atoms with E-state index in [9.17, 15) is 29.4 Å². The van der Waals surface area contributed by atoms with Crippen molar-refractivity contribution in [2.24, 2.45) is 0 Å². The number of carbonyl (C=O) groups excluding carboxylic acids is 4. The van der Waals surface area contributed by atoms with Gasteiger partial charge in [0.2, 0.25) is 17.7 Å². The Morgan fingerprint density at radius 3 is 1.57 bits per heavy atom. The van der Waals surface area contributed by atoms with Crippen LogP contribution in [0.25, 0.3) is 22.8 Å². The highest BCUT2D eigenvalue weighted by Gasteiger charge is 2.38. The molecular formula is C39H37N7O7. The third-order valence-corrected chi connectivity index (χ3v) is 9.42. The quantitative estimate of drug-likeness (QED) is 0.164. The van der Waals surface area contributed by atoms with Crippen LogP contribution in [-0.2, 0) is 19.2 Å². The monoisotopic (exact) mass is 715 g/mol. The third-order valence-electron chi connectivity index (χ3n) is 9.42. The van der Waals surface area contributed by atoms with E-state index in [1.807, 2.05) is 0 Å². The number of anilines is 2. The van der Waals surface area contributed by atoms with Gasteiger partial charge in [-0.25, -0.2) is 4.98 Å². The van der Waals surface area contributed by atoms with Crippen molar-refractivity contribution in [3.8, 4) is 22.8 Å². The molecule has 5 heterocycles. The summed E-state index contributed by atoms with van der Waals surface area (Å²) in [6.07, 6.45) is 3.96. The molecule has 2 aromatic carbocycles. The third kappa shape index (κ3) is 7.68. The van der Waals surface area contributed by atoms with Gasteiger partial charge in [0.1, 0.15) is 12.1 Å². The zero-order valence-corrected chi connectivity index (χ0v) is 28.5. The zero-order valence-electron chi connectivity index (χ0n) is 28.5. The Kier molecular flexibility index (Phi) is 10.3. The summed E-state index contributed by atoms with van der Waals surface area (Å²) in [7, 11) is 0. The van der Waals surface area contributed by atoms with Crippen LogP contribution in [0.5, 0.6) is 0 Å². The summed E-state index contributed by atoms with van der Waals surface area (Å²) in [5, 5.41) is 26.9. The van der Waals surface area contributed by atoms with E-state index in [0.717, 1.165) is 5.56 Å². The maximum atomic E-state index is 13.2. The second kappa shape index (κ2) is 15.6. The number of benzene rings is 2. The molecule has 0 spiro atoms. The topological polar surface area (TPSA) is 191 Å². The number of nitrogens with one attached hydrogen (secondary N) is 2. The van der Waals surface area contributed by atoms with Gasteiger partial charge in [-0.15, -0.1) is 0 Å². The first kappa shape index (κ1) is 35.2. The molecule has 270 valence electrons. The average Bonchev–Trinajstić information content (AvgIpc) is 4.00. The molecule has 4 amide bonds. The number of nitrogens with zero attached hydrogens (tertiary/aromatic N) is 5. The number of oxazole rings is 1. The fourth-order valence-electron chi connectivity index (χ4n) is 6.65. The molecule has 14 nitrogen and oxygen atoms in total. The van der Waals surface area contributed by atoms with Crippen LogP contribution in [-0.4, -0.2) is 83.8 Å². The van der Waals surface area contributed by atoms with E-state index in [1.165, 1.54) is 22.2 Å². The molecule has 2 fully saturated rings. The van der Waals surface area contributed by atoms with Crippen molar-refractivity contribution in [3.05, 3.63) is 115 Å². The predicted molar refractivity (Wildman–Crippen MR) is 192 cm³/mol. The van der Waals surface area contributed by atoms with Gasteiger partial charge in [0.05, 0.1) is 17.6 Å². The Bertz CT molecular complexity index is 1930. The van der Waals surface area contributed by atoms with Gasteiger partial charge in [-0.2, -0.15) is 0 Å². The molecule has 5 aromatic rings. The average molecular weight is 716 g/mol. The molecule has 2 aliphatic rings. The molecule has 14 heteroatoms. The maximum absolute atomic E-state index is 13.2. The number of carbonyl (C=O) groups is 4. The van der Waals surface area contributed by atoms with Gasteiger partial charge in [0, 0.05) is 48.0 Å². The fourth-order valence-corrected chi connectivity index (χ4v) is 6.65. The lowest BCUT2D eigenvalue weighted by Gasteiger charge is -2.26. The summed E-state index contributed by atoms with van der Waals surface area (Å²) in [6, 6.07) is 22.5. The molecule has 3 aromatic heterocycles. The molecule has 0 aliphatic carbocycles. The number of hydrogen-bond donors (Lipinski definition) is 4. The van der Waals surface area contributed by atoms with Gasteiger partial charge in [-0.1, -0.05) is 12.1 Å². The predicted octanol–water partition coefficient (Wildman–Crippen LogP) is 4.12. The lowest BCUT2D eigenvalue weighted by atomic mass is 10.1. The van der Waals surface area contributed by atoms with Crippen molar-refractivity contribution in [2.75, 3.05) is 23.7 Å². The van der Waals surface area contributed by atoms with E-state index in [-0.39, 0.29) is 23.2 Å². The van der Waals surface area contributed by atoms with Crippen molar-refractivity contribution >= 4 is 35.0 Å². The minimum absolute atomic E-state index is 0.233. The molecular weight excluding hydrogens is 678 g/mol. The van der Waals surface area contributed by atoms with Crippen LogP contribution < -0.4 is 10.6 Å². The Balaban J connectivity index is 0.938. The van der Waals surface area contributed by atoms with Crippen molar-refractivity contribution in [1.29, 1.82) is 0 Å². The number of pyridine rings is 2. The number of hydrogen-bond acceptors (Lipinski definition) is 10. The van der Waals surface area contributed by atoms with Crippen LogP contribution in [0.1, 0.15) is 49.3 Å². The zero-order chi connectivity index (χ0) is 36.9. The van der Waals surface area contributed by atoms with E-state index in [0.29, 0.717) is 67.4 Å². The molecule has 0 bridgehead atoms. The highest BCUT2D eigenvalue weighted by Crippen LogP contribution is 2.30. The van der Waals surface area contributed by atoms with Gasteiger partial charge in [0.25, 0.3) is 11.8 Å². The van der Waals surface area contributed by atoms with Gasteiger partial charge >= 0.3 is 0 Å². The SMILES string of the molecule is O=C(Nc1ccc(-c2cnc(-c3ccc(NC(=O)[C@@H]4CCCN4C(=O)C(O)c4ccccn4)cc3)o2)cc1)[C@@H]1CCCN1C(=O)C(O)c1ccccn1. The summed E-state index contributed by atoms with van der Waals surface area (Å²) in [4.78, 5) is 67.8. The van der Waals surface area contributed by atoms with Crippen molar-refractivity contribution in [3.63, 3.8) is 0 Å². The Hall–Kier alpha value is -6.25. The number of likely N-dealkylation sites (tertiary alicyclic amines) is 2. The largest absolute Gasteiger partial charge is 0.436 e. The van der Waals surface area contributed by atoms with Crippen molar-refractivity contribution < 1.29 is 33.8 Å². The molecule has 4 atom stereocenters. The minimum atomic E-state index is -1.44. The number of rotatable bonds is 10. The van der Waals surface area contributed by atoms with Gasteiger partial charge in [0.15, 0.2) is 18.0 Å². The Morgan fingerprint density at radius 1 is 0.642 bits per heavy atom. The van der Waals surface area contributed by atoms with Crippen LogP contribution >= 0.6 is 0 Å². The van der Waals surface area contributed by atoms with Gasteiger partial charge in [-0.3, -0.25) is 29.1 Å². The highest BCUT2D eigenvalue weighted by molar-refractivity contribution is 5.99. The smallest absolute Gasteiger partial charge is 0.258 e. The van der Waals surface area contributed by atoms with E-state index < -0.39 is 36.1 Å². The van der Waals surface area contributed by atoms with Gasteiger partial charge < -0.3 is 35.1 Å². The molecule has 53 heavy (non-hydrogen) atoms. The van der Waals surface area contributed by atoms with E-state index >= 15 is 0 Å². The first-order valence-electron chi connectivity index (χ1n) is 17.3. The normalized spacial score (nSPS) is 18.0. The summed E-state index contributed by atoms with van der Waals surface area (Å²) in [6.45, 7) is 0.733. The van der Waals surface area contributed by atoms with Gasteiger partial charge in [-0.05, 0) is 98.5 Å². The first-order valence-corrected chi connectivity index (χ1v) is 17.3. The van der Waals surface area contributed by atoms with Crippen molar-refractivity contribution in [1.82, 2.24) is 24.8 Å². The molecule has 0 saturated carbocycles. The van der Waals surface area contributed by atoms with Crippen LogP contribution in [0.4, 0.5) is 11.4 Å². The second-order valence-corrected chi connectivity index (χ2v) is 12.9. The molecule has 0 radical (unpaired) electrons. The van der Waals surface area contributed by atoms with Crippen molar-refractivity contribution in [2.45, 2.75) is 50.0 Å². The lowest BCUT2D eigenvalue weighted by molar-refractivity contribution is -0.144. The second-order valence-electron chi connectivity index (χ2n) is 12.9. The molecule has 4 N–H and O–H groups in total. The molecule has 2 aliphatic heterocycles. The summed E-state index contributed by atoms with van der Waals surface area (Å²) in [5.74, 6) is -0.926. The molecule has 2 unspecified atom stereocenters. The maximum Gasteiger partial charge on any atom is 0.258 e. The van der Waals surface area contributed by atoms with E-state index in [1.54, 1.807) is 91.1 Å². The summed E-state index contributed by atoms with van der Waals surface area (Å²) < 4.78 is 6.03. The minimum Gasteiger partial charge on any atom is -0.436 e. The number of aliphatic hydroxyl groups excluding tert-OH is 2. The molecule has 7 rings (SSSR count). The molecule has 2 saturated heterocycles. The van der Waals surface area contributed by atoms with E-state index in [4.69, 9.17) is 4.42 Å². The number of amides is 4. The standard InChI is InChI=1S/C39H37N7O7/c47-33(28-7-1-3-19-40-28)38(51)45-21-5-9-30(45)35(49)43-26-15-11-24(12-16-26)32-23-42-37(53-32)25-13-17-27(18-14-25)44-36(50)31-10-6-22-46(31)39(52)34(48)29-8-2-4-20-41-29/h1-4,7-8,11-20,23,30-31,33-34,47-48H,5-6,9-10,21-22H2,(H,43,49)(H,44,50)/t30-,31-,33?,34?/m0/s1. The lowest BCUT2D eigenvalue weighted by Crippen LogP contribution is -2.45. The van der Waals surface area contributed by atoms with Crippen LogP contribution in [0, 0.1) is 0 Å². The Labute approximate surface area is 304 Å². The van der Waals surface area contributed by atoms with Crippen LogP contribution in [0.3, 0.4) is 0 Å². The number of aliphatic hydroxyl groups is 2. The fraction of sp³-hybridized carbons (Fsp3) is 0.256. The van der Waals surface area contributed by atoms with E-state index in [2.05, 4.69) is 25.6 Å². The first-order chi connectivity index (χ1) is 25.8. The summed E-state index contributed by atoms with van der Waals surface area (Å²) in [5.41, 5.74) is 2.94. The number of aromatic nitrogens is 3. The highest BCUT2D eigenvalue weighted by atomic mass is 16.4. The van der Waals surface area contributed by atoms with Crippen LogP contribution in [0.2, 0.25) is 0 Å². The van der Waals surface area contributed by atoms with Crippen LogP contribution in [0.15, 0.2) is 108 Å².